The summed E-state index contributed by atoms with van der Waals surface area (Å²) in [5, 5.41) is 0. The van der Waals surface area contributed by atoms with Gasteiger partial charge in [-0.05, 0) is 19.3 Å². The van der Waals surface area contributed by atoms with Crippen molar-refractivity contribution < 1.29 is 0 Å². The lowest BCUT2D eigenvalue weighted by Crippen LogP contribution is -2.29. The van der Waals surface area contributed by atoms with E-state index in [0.29, 0.717) is 12.6 Å². The van der Waals surface area contributed by atoms with Crippen LogP contribution in [0.3, 0.4) is 0 Å². The van der Waals surface area contributed by atoms with Gasteiger partial charge in [-0.15, -0.1) is 0 Å². The highest BCUT2D eigenvalue weighted by molar-refractivity contribution is 5.45. The van der Waals surface area contributed by atoms with Gasteiger partial charge in [0.2, 0.25) is 0 Å². The molecule has 0 aromatic carbocycles. The Balaban J connectivity index is 2.23. The van der Waals surface area contributed by atoms with Gasteiger partial charge >= 0.3 is 0 Å². The molecule has 2 rings (SSSR count). The third-order valence-electron chi connectivity index (χ3n) is 2.67. The number of hydrogen-bond acceptors (Lipinski definition) is 4. The molecular weight excluding hydrogens is 188 g/mol. The first-order valence-electron chi connectivity index (χ1n) is 5.63. The van der Waals surface area contributed by atoms with Gasteiger partial charge in [0.05, 0.1) is 5.69 Å². The summed E-state index contributed by atoms with van der Waals surface area (Å²) in [4.78, 5) is 11.1. The molecule has 2 N–H and O–H groups in total. The number of nitrogens with two attached hydrogens (primary N) is 1. The van der Waals surface area contributed by atoms with E-state index in [1.54, 1.807) is 12.4 Å². The molecule has 1 fully saturated rings. The van der Waals surface area contributed by atoms with Gasteiger partial charge in [-0.25, -0.2) is 4.98 Å². The quantitative estimate of drug-likeness (QED) is 0.789. The monoisotopic (exact) mass is 206 g/mol. The Morgan fingerprint density at radius 1 is 1.40 bits per heavy atom. The van der Waals surface area contributed by atoms with E-state index in [2.05, 4.69) is 21.8 Å². The van der Waals surface area contributed by atoms with E-state index in [9.17, 15) is 0 Å². The summed E-state index contributed by atoms with van der Waals surface area (Å²) >= 11 is 0. The second kappa shape index (κ2) is 4.57. The van der Waals surface area contributed by atoms with E-state index in [4.69, 9.17) is 5.73 Å². The molecule has 1 saturated carbocycles. The summed E-state index contributed by atoms with van der Waals surface area (Å²) in [6.45, 7) is 3.71. The van der Waals surface area contributed by atoms with Crippen LogP contribution in [-0.2, 0) is 6.54 Å². The van der Waals surface area contributed by atoms with Gasteiger partial charge in [0.15, 0.2) is 5.82 Å². The lowest BCUT2D eigenvalue weighted by atomic mass is 10.3. The van der Waals surface area contributed by atoms with Gasteiger partial charge in [-0.2, -0.15) is 0 Å². The predicted molar refractivity (Wildman–Crippen MR) is 60.6 cm³/mol. The van der Waals surface area contributed by atoms with Crippen LogP contribution in [0.4, 0.5) is 5.82 Å². The molecule has 15 heavy (non-hydrogen) atoms. The second-order valence-corrected chi connectivity index (χ2v) is 3.96. The van der Waals surface area contributed by atoms with Crippen molar-refractivity contribution in [3.63, 3.8) is 0 Å². The summed E-state index contributed by atoms with van der Waals surface area (Å²) in [7, 11) is 0. The summed E-state index contributed by atoms with van der Waals surface area (Å²) in [5.74, 6) is 0.990. The first-order valence-corrected chi connectivity index (χ1v) is 5.63. The highest BCUT2D eigenvalue weighted by Gasteiger charge is 2.30. The van der Waals surface area contributed by atoms with E-state index in [-0.39, 0.29) is 0 Å². The van der Waals surface area contributed by atoms with E-state index in [0.717, 1.165) is 24.5 Å². The minimum atomic E-state index is 0.468. The van der Waals surface area contributed by atoms with Gasteiger partial charge < -0.3 is 10.6 Å². The van der Waals surface area contributed by atoms with Crippen LogP contribution < -0.4 is 10.6 Å². The minimum absolute atomic E-state index is 0.468. The zero-order valence-electron chi connectivity index (χ0n) is 9.19. The number of rotatable bonds is 5. The average Bonchev–Trinajstić information content (AvgIpc) is 3.10. The third-order valence-corrected chi connectivity index (χ3v) is 2.67. The average molecular weight is 206 g/mol. The smallest absolute Gasteiger partial charge is 0.151 e. The van der Waals surface area contributed by atoms with Crippen molar-refractivity contribution in [3.8, 4) is 0 Å². The van der Waals surface area contributed by atoms with E-state index >= 15 is 0 Å². The first-order chi connectivity index (χ1) is 7.36. The fourth-order valence-electron chi connectivity index (χ4n) is 1.83. The van der Waals surface area contributed by atoms with Crippen molar-refractivity contribution in [3.05, 3.63) is 18.1 Å². The van der Waals surface area contributed by atoms with Crippen molar-refractivity contribution in [2.24, 2.45) is 5.73 Å². The Morgan fingerprint density at radius 3 is 2.73 bits per heavy atom. The maximum absolute atomic E-state index is 5.68. The molecule has 1 aliphatic rings. The summed E-state index contributed by atoms with van der Waals surface area (Å²) in [6, 6.07) is 0.673. The Kier molecular flexibility index (Phi) is 3.16. The standard InChI is InChI=1S/C11H18N4/c1-2-7-15(9-3-4-9)11-10(8-12)13-5-6-14-11/h5-6,9H,2-4,7-8,12H2,1H3. The molecule has 0 aliphatic heterocycles. The van der Waals surface area contributed by atoms with Gasteiger partial charge in [-0.1, -0.05) is 6.92 Å². The second-order valence-electron chi connectivity index (χ2n) is 3.96. The third kappa shape index (κ3) is 2.26. The molecule has 1 aromatic rings. The predicted octanol–water partition coefficient (Wildman–Crippen LogP) is 1.31. The van der Waals surface area contributed by atoms with Crippen LogP contribution in [0, 0.1) is 0 Å². The molecule has 0 atom stereocenters. The molecule has 82 valence electrons. The highest BCUT2D eigenvalue weighted by Crippen LogP contribution is 2.31. The fourth-order valence-corrected chi connectivity index (χ4v) is 1.83. The van der Waals surface area contributed by atoms with Crippen LogP contribution in [-0.4, -0.2) is 22.6 Å². The lowest BCUT2D eigenvalue weighted by molar-refractivity contribution is 0.736. The highest BCUT2D eigenvalue weighted by atomic mass is 15.2. The van der Waals surface area contributed by atoms with Crippen molar-refractivity contribution >= 4 is 5.82 Å². The summed E-state index contributed by atoms with van der Waals surface area (Å²) in [5.41, 5.74) is 6.59. The molecule has 4 heteroatoms. The topological polar surface area (TPSA) is 55.0 Å². The van der Waals surface area contributed by atoms with Crippen LogP contribution in [0.25, 0.3) is 0 Å². The van der Waals surface area contributed by atoms with Crippen molar-refractivity contribution in [2.45, 2.75) is 38.8 Å². The Hall–Kier alpha value is -1.16. The Labute approximate surface area is 90.5 Å². The minimum Gasteiger partial charge on any atom is -0.352 e. The Bertz CT molecular complexity index is 322. The molecule has 0 spiro atoms. The van der Waals surface area contributed by atoms with Crippen LogP contribution >= 0.6 is 0 Å². The summed E-state index contributed by atoms with van der Waals surface area (Å²) in [6.07, 6.45) is 7.15. The van der Waals surface area contributed by atoms with Gasteiger partial charge in [0, 0.05) is 31.5 Å². The zero-order valence-corrected chi connectivity index (χ0v) is 9.19. The number of hydrogen-bond donors (Lipinski definition) is 1. The van der Waals surface area contributed by atoms with Crippen LogP contribution in [0.1, 0.15) is 31.9 Å². The molecule has 1 aromatic heterocycles. The molecule has 0 saturated heterocycles. The van der Waals surface area contributed by atoms with Gasteiger partial charge in [0.1, 0.15) is 0 Å². The normalized spacial score (nSPS) is 15.3. The van der Waals surface area contributed by atoms with E-state index in [1.807, 2.05) is 0 Å². The zero-order chi connectivity index (χ0) is 10.7. The molecular formula is C11H18N4. The van der Waals surface area contributed by atoms with Gasteiger partial charge in [-0.3, -0.25) is 4.98 Å². The number of anilines is 1. The molecule has 4 nitrogen and oxygen atoms in total. The van der Waals surface area contributed by atoms with E-state index in [1.165, 1.54) is 12.8 Å². The summed E-state index contributed by atoms with van der Waals surface area (Å²) < 4.78 is 0. The first kappa shape index (κ1) is 10.4. The molecule has 1 aliphatic carbocycles. The van der Waals surface area contributed by atoms with Crippen LogP contribution in [0.2, 0.25) is 0 Å². The molecule has 0 amide bonds. The van der Waals surface area contributed by atoms with Crippen molar-refractivity contribution in [1.82, 2.24) is 9.97 Å². The SMILES string of the molecule is CCCN(c1nccnc1CN)C1CC1. The van der Waals surface area contributed by atoms with Crippen molar-refractivity contribution in [2.75, 3.05) is 11.4 Å². The largest absolute Gasteiger partial charge is 0.352 e. The van der Waals surface area contributed by atoms with Gasteiger partial charge in [0.25, 0.3) is 0 Å². The number of nitrogens with zero attached hydrogens (tertiary/aromatic N) is 3. The van der Waals surface area contributed by atoms with Crippen molar-refractivity contribution in [1.29, 1.82) is 0 Å². The Morgan fingerprint density at radius 2 is 2.13 bits per heavy atom. The fraction of sp³-hybridized carbons (Fsp3) is 0.636. The van der Waals surface area contributed by atoms with E-state index < -0.39 is 0 Å². The lowest BCUT2D eigenvalue weighted by Gasteiger charge is -2.24. The number of aromatic nitrogens is 2. The van der Waals surface area contributed by atoms with Crippen LogP contribution in [0.5, 0.6) is 0 Å². The maximum atomic E-state index is 5.68. The molecule has 1 heterocycles. The maximum Gasteiger partial charge on any atom is 0.151 e. The van der Waals surface area contributed by atoms with Crippen LogP contribution in [0.15, 0.2) is 12.4 Å². The molecule has 0 radical (unpaired) electrons. The molecule has 0 unspecified atom stereocenters. The molecule has 0 bridgehead atoms.